The molecule has 0 bridgehead atoms. The molecule has 8 heteroatoms. The van der Waals surface area contributed by atoms with Gasteiger partial charge in [-0.25, -0.2) is 8.42 Å². The maximum atomic E-state index is 11.4. The van der Waals surface area contributed by atoms with Crippen molar-refractivity contribution in [3.63, 3.8) is 0 Å². The Labute approximate surface area is 69.0 Å². The van der Waals surface area contributed by atoms with Crippen molar-refractivity contribution >= 4 is 10.9 Å². The quantitative estimate of drug-likeness (QED) is 0.538. The van der Waals surface area contributed by atoms with E-state index in [1.165, 1.54) is 0 Å². The van der Waals surface area contributed by atoms with Gasteiger partial charge in [-0.2, -0.15) is 4.84 Å². The number of halogens is 3. The summed E-state index contributed by atoms with van der Waals surface area (Å²) in [5, 5.41) is 0. The van der Waals surface area contributed by atoms with Crippen LogP contribution in [-0.2, 0) is 15.7 Å². The number of hydrogen-bond acceptors (Lipinski definition) is 3. The molecule has 0 rings (SSSR count). The second-order valence-electron chi connectivity index (χ2n) is 1.70. The van der Waals surface area contributed by atoms with Gasteiger partial charge in [0.2, 0.25) is 10.9 Å². The molecular formula is C4H7F3NO3S. The average molecular weight is 206 g/mol. The predicted octanol–water partition coefficient (Wildman–Crippen LogP) is 0.490. The molecule has 0 aromatic rings. The molecule has 0 amide bonds. The molecule has 0 saturated carbocycles. The molecule has 4 nitrogen and oxygen atoms in total. The average Bonchev–Trinajstić information content (AvgIpc) is 1.83. The fourth-order valence-electron chi connectivity index (χ4n) is 0.415. The number of thiol groups is 1. The molecule has 0 aromatic carbocycles. The number of hydrogen-bond donors (Lipinski definition) is 1. The number of rotatable bonds is 4. The zero-order valence-electron chi connectivity index (χ0n) is 5.87. The van der Waals surface area contributed by atoms with Crippen molar-refractivity contribution < 1.29 is 26.4 Å². The third kappa shape index (κ3) is 5.33. The highest BCUT2D eigenvalue weighted by atomic mass is 32.2. The Bertz CT molecular complexity index is 194. The van der Waals surface area contributed by atoms with Crippen LogP contribution in [0.3, 0.4) is 0 Å². The summed E-state index contributed by atoms with van der Waals surface area (Å²) in [6.07, 6.45) is -4.98. The van der Waals surface area contributed by atoms with Crippen molar-refractivity contribution in [1.29, 1.82) is 0 Å². The SMILES string of the molecule is [CH2]CCN(OC(F)(F)F)[SH](=O)=O. The predicted molar refractivity (Wildman–Crippen MR) is 34.1 cm³/mol. The smallest absolute Gasteiger partial charge is 0.213 e. The van der Waals surface area contributed by atoms with Crippen LogP contribution in [0.5, 0.6) is 0 Å². The second-order valence-corrected chi connectivity index (χ2v) is 2.63. The van der Waals surface area contributed by atoms with Crippen LogP contribution in [0, 0.1) is 6.92 Å². The molecule has 0 aliphatic rings. The molecular weight excluding hydrogens is 199 g/mol. The highest BCUT2D eigenvalue weighted by Crippen LogP contribution is 2.18. The van der Waals surface area contributed by atoms with Gasteiger partial charge in [-0.3, -0.25) is 0 Å². The molecule has 0 fully saturated rings. The molecule has 0 aliphatic carbocycles. The van der Waals surface area contributed by atoms with Gasteiger partial charge in [-0.15, -0.1) is 13.2 Å². The van der Waals surface area contributed by atoms with Crippen molar-refractivity contribution in [2.75, 3.05) is 6.54 Å². The van der Waals surface area contributed by atoms with Gasteiger partial charge in [0, 0.05) is 6.54 Å². The Hall–Kier alpha value is -0.340. The molecule has 1 radical (unpaired) electrons. The molecule has 0 aliphatic heterocycles. The van der Waals surface area contributed by atoms with Gasteiger partial charge in [0.1, 0.15) is 0 Å². The number of alkyl halides is 3. The molecule has 0 N–H and O–H groups in total. The second kappa shape index (κ2) is 4.63. The van der Waals surface area contributed by atoms with Crippen LogP contribution in [0.1, 0.15) is 6.42 Å². The highest BCUT2D eigenvalue weighted by Gasteiger charge is 2.34. The summed E-state index contributed by atoms with van der Waals surface area (Å²) in [4.78, 5) is 3.14. The van der Waals surface area contributed by atoms with Gasteiger partial charge in [0.15, 0.2) is 0 Å². The molecule has 0 unspecified atom stereocenters. The molecule has 0 aromatic heterocycles. The Morgan fingerprint density at radius 1 is 1.42 bits per heavy atom. The summed E-state index contributed by atoms with van der Waals surface area (Å²) in [6, 6.07) is 0. The van der Waals surface area contributed by atoms with Crippen molar-refractivity contribution in [2.45, 2.75) is 12.8 Å². The zero-order valence-corrected chi connectivity index (χ0v) is 6.77. The normalized spacial score (nSPS) is 12.8. The van der Waals surface area contributed by atoms with Crippen LogP contribution in [-0.4, -0.2) is 25.8 Å². The van der Waals surface area contributed by atoms with Gasteiger partial charge in [-0.05, 0) is 6.42 Å². The van der Waals surface area contributed by atoms with E-state index in [0.717, 1.165) is 0 Å². The van der Waals surface area contributed by atoms with Gasteiger partial charge in [-0.1, -0.05) is 11.4 Å². The van der Waals surface area contributed by atoms with Crippen molar-refractivity contribution in [3.8, 4) is 0 Å². The molecule has 0 spiro atoms. The summed E-state index contributed by atoms with van der Waals surface area (Å²) in [5.74, 6) is 0. The highest BCUT2D eigenvalue weighted by molar-refractivity contribution is 7.69. The van der Waals surface area contributed by atoms with Gasteiger partial charge < -0.3 is 0 Å². The molecule has 0 atom stereocenters. The van der Waals surface area contributed by atoms with Crippen LogP contribution < -0.4 is 0 Å². The largest absolute Gasteiger partial charge is 0.540 e. The number of hydroxylamine groups is 1. The lowest BCUT2D eigenvalue weighted by atomic mass is 10.5. The summed E-state index contributed by atoms with van der Waals surface area (Å²) in [5.41, 5.74) is 0. The standard InChI is InChI=1S/C4H7F3NO3S/c1-2-3-8(12(9)10)11-4(5,6)7/h12H,1-3H2. The van der Waals surface area contributed by atoms with E-state index in [2.05, 4.69) is 11.8 Å². The van der Waals surface area contributed by atoms with Crippen LogP contribution in [0.25, 0.3) is 0 Å². The summed E-state index contributed by atoms with van der Waals surface area (Å²) in [6.45, 7) is 2.76. The van der Waals surface area contributed by atoms with Gasteiger partial charge in [0.05, 0.1) is 0 Å². The third-order valence-electron chi connectivity index (χ3n) is 0.740. The minimum atomic E-state index is -4.98. The van der Waals surface area contributed by atoms with E-state index in [9.17, 15) is 21.6 Å². The minimum Gasteiger partial charge on any atom is -0.213 e. The maximum absolute atomic E-state index is 11.4. The maximum Gasteiger partial charge on any atom is 0.540 e. The lowest BCUT2D eigenvalue weighted by Gasteiger charge is -2.14. The first-order chi connectivity index (χ1) is 5.37. The minimum absolute atomic E-state index is 0.000602. The summed E-state index contributed by atoms with van der Waals surface area (Å²) >= 11 is 0. The summed E-state index contributed by atoms with van der Waals surface area (Å²) < 4.78 is 54.3. The van der Waals surface area contributed by atoms with E-state index < -0.39 is 23.8 Å². The van der Waals surface area contributed by atoms with Crippen molar-refractivity contribution in [2.24, 2.45) is 0 Å². The molecule has 73 valence electrons. The van der Waals surface area contributed by atoms with E-state index in [1.54, 1.807) is 0 Å². The van der Waals surface area contributed by atoms with Gasteiger partial charge in [0.25, 0.3) is 0 Å². The van der Waals surface area contributed by atoms with E-state index in [-0.39, 0.29) is 10.9 Å². The number of nitrogens with zero attached hydrogens (tertiary/aromatic N) is 1. The van der Waals surface area contributed by atoms with E-state index >= 15 is 0 Å². The Morgan fingerprint density at radius 3 is 2.17 bits per heavy atom. The Balaban J connectivity index is 4.14. The Kier molecular flexibility index (Phi) is 4.50. The fraction of sp³-hybridized carbons (Fsp3) is 0.750. The molecule has 0 saturated heterocycles. The van der Waals surface area contributed by atoms with Crippen LogP contribution in [0.15, 0.2) is 0 Å². The zero-order chi connectivity index (χ0) is 9.78. The Morgan fingerprint density at radius 2 is 1.92 bits per heavy atom. The monoisotopic (exact) mass is 206 g/mol. The van der Waals surface area contributed by atoms with E-state index in [4.69, 9.17) is 0 Å². The van der Waals surface area contributed by atoms with E-state index in [0.29, 0.717) is 0 Å². The fourth-order valence-corrected chi connectivity index (χ4v) is 0.879. The third-order valence-corrected chi connectivity index (χ3v) is 1.39. The first kappa shape index (κ1) is 11.7. The van der Waals surface area contributed by atoms with Crippen molar-refractivity contribution in [1.82, 2.24) is 4.47 Å². The van der Waals surface area contributed by atoms with Crippen molar-refractivity contribution in [3.05, 3.63) is 6.92 Å². The molecule has 0 heterocycles. The van der Waals surface area contributed by atoms with Gasteiger partial charge >= 0.3 is 6.36 Å². The van der Waals surface area contributed by atoms with Crippen LogP contribution >= 0.6 is 0 Å². The van der Waals surface area contributed by atoms with Crippen LogP contribution in [0.2, 0.25) is 0 Å². The first-order valence-electron chi connectivity index (χ1n) is 2.84. The van der Waals surface area contributed by atoms with E-state index in [1.807, 2.05) is 0 Å². The molecule has 12 heavy (non-hydrogen) atoms. The lowest BCUT2D eigenvalue weighted by molar-refractivity contribution is -0.388. The lowest BCUT2D eigenvalue weighted by Crippen LogP contribution is -2.30. The summed E-state index contributed by atoms with van der Waals surface area (Å²) in [7, 11) is -3.38. The van der Waals surface area contributed by atoms with Crippen LogP contribution in [0.4, 0.5) is 13.2 Å². The topological polar surface area (TPSA) is 46.6 Å². The first-order valence-corrected chi connectivity index (χ1v) is 3.97.